The number of amides is 1. The van der Waals surface area contributed by atoms with Crippen molar-refractivity contribution in [2.45, 2.75) is 26.2 Å². The van der Waals surface area contributed by atoms with E-state index in [1.807, 2.05) is 19.1 Å². The van der Waals surface area contributed by atoms with Gasteiger partial charge in [0.25, 0.3) is 0 Å². The number of hydrogen-bond acceptors (Lipinski definition) is 4. The molecule has 0 aromatic heterocycles. The predicted octanol–water partition coefficient (Wildman–Crippen LogP) is 1.75. The second-order valence-electron chi connectivity index (χ2n) is 5.31. The quantitative estimate of drug-likeness (QED) is 0.812. The molecule has 0 heterocycles. The molecule has 0 spiro atoms. The van der Waals surface area contributed by atoms with E-state index in [0.717, 1.165) is 6.42 Å². The monoisotopic (exact) mass is 302 g/mol. The second kappa shape index (κ2) is 7.64. The van der Waals surface area contributed by atoms with E-state index in [1.165, 1.54) is 0 Å². The summed E-state index contributed by atoms with van der Waals surface area (Å²) in [4.78, 5) is 23.6. The number of carboxylic acid groups (broad SMARTS) is 1. The van der Waals surface area contributed by atoms with Crippen LogP contribution >= 0.6 is 0 Å². The van der Waals surface area contributed by atoms with Crippen molar-refractivity contribution < 1.29 is 19.4 Å². The Morgan fingerprint density at radius 3 is 2.59 bits per heavy atom. The third-order valence-corrected chi connectivity index (χ3v) is 3.68. The minimum Gasteiger partial charge on any atom is -0.550 e. The molecule has 1 amide bonds. The predicted molar refractivity (Wildman–Crippen MR) is 81.2 cm³/mol. The molecule has 2 rings (SSSR count). The van der Waals surface area contributed by atoms with Crippen molar-refractivity contribution in [3.8, 4) is 5.75 Å². The molecule has 1 aromatic rings. The number of anilines is 1. The van der Waals surface area contributed by atoms with Crippen LogP contribution in [0.25, 0.3) is 0 Å². The molecule has 1 aromatic carbocycles. The van der Waals surface area contributed by atoms with Crippen molar-refractivity contribution in [3.63, 3.8) is 0 Å². The van der Waals surface area contributed by atoms with Gasteiger partial charge in [-0.05, 0) is 31.4 Å². The van der Waals surface area contributed by atoms with Crippen LogP contribution in [-0.4, -0.2) is 18.5 Å². The highest BCUT2D eigenvalue weighted by atomic mass is 16.5. The highest BCUT2D eigenvalue weighted by Crippen LogP contribution is 2.29. The van der Waals surface area contributed by atoms with Crippen molar-refractivity contribution in [2.24, 2.45) is 11.8 Å². The number of carbonyl (C=O) groups excluding carboxylic acids is 2. The number of hydrogen-bond donors (Lipinski definition) is 1. The normalized spacial score (nSPS) is 20.4. The lowest BCUT2D eigenvalue weighted by molar-refractivity contribution is -0.313. The summed E-state index contributed by atoms with van der Waals surface area (Å²) >= 11 is 0. The van der Waals surface area contributed by atoms with Crippen LogP contribution in [0.15, 0.2) is 36.4 Å². The van der Waals surface area contributed by atoms with E-state index in [-0.39, 0.29) is 5.91 Å². The van der Waals surface area contributed by atoms with Crippen LogP contribution in [0.2, 0.25) is 0 Å². The summed E-state index contributed by atoms with van der Waals surface area (Å²) in [5.74, 6) is -2.30. The fourth-order valence-electron chi connectivity index (χ4n) is 2.50. The van der Waals surface area contributed by atoms with Gasteiger partial charge in [-0.1, -0.05) is 31.2 Å². The average Bonchev–Trinajstić information content (AvgIpc) is 2.54. The van der Waals surface area contributed by atoms with E-state index in [2.05, 4.69) is 5.32 Å². The molecular weight excluding hydrogens is 282 g/mol. The third-order valence-electron chi connectivity index (χ3n) is 3.68. The zero-order chi connectivity index (χ0) is 15.9. The van der Waals surface area contributed by atoms with Crippen molar-refractivity contribution in [1.29, 1.82) is 0 Å². The van der Waals surface area contributed by atoms with Gasteiger partial charge < -0.3 is 20.0 Å². The molecule has 1 aliphatic rings. The van der Waals surface area contributed by atoms with E-state index in [1.54, 1.807) is 24.3 Å². The Hall–Kier alpha value is -2.30. The zero-order valence-corrected chi connectivity index (χ0v) is 12.6. The van der Waals surface area contributed by atoms with Gasteiger partial charge in [-0.3, -0.25) is 4.79 Å². The lowest BCUT2D eigenvalue weighted by atomic mass is 9.82. The standard InChI is InChI=1S/C17H21NO4/c1-2-11-22-15-10-6-5-9-14(15)18-16(19)12-7-3-4-8-13(12)17(20)21/h3-6,9-10,12-13H,2,7-8,11H2,1H3,(H,18,19)(H,20,21)/p-1/t12-,13+/m1/s1. The van der Waals surface area contributed by atoms with Crippen LogP contribution in [0, 0.1) is 11.8 Å². The maximum atomic E-state index is 12.4. The number of rotatable bonds is 6. The Morgan fingerprint density at radius 1 is 1.23 bits per heavy atom. The fourth-order valence-corrected chi connectivity index (χ4v) is 2.50. The molecule has 1 aliphatic carbocycles. The number of carbonyl (C=O) groups is 2. The molecule has 0 radical (unpaired) electrons. The average molecular weight is 302 g/mol. The first-order valence-electron chi connectivity index (χ1n) is 7.52. The molecule has 0 bridgehead atoms. The molecule has 0 fully saturated rings. The maximum absolute atomic E-state index is 12.4. The summed E-state index contributed by atoms with van der Waals surface area (Å²) in [5.41, 5.74) is 0.563. The molecule has 0 aliphatic heterocycles. The van der Waals surface area contributed by atoms with Gasteiger partial charge in [0.05, 0.1) is 18.2 Å². The molecule has 0 unspecified atom stereocenters. The van der Waals surface area contributed by atoms with Crippen LogP contribution in [0.3, 0.4) is 0 Å². The van der Waals surface area contributed by atoms with E-state index in [9.17, 15) is 14.7 Å². The van der Waals surface area contributed by atoms with E-state index in [0.29, 0.717) is 30.9 Å². The number of nitrogens with one attached hydrogen (secondary N) is 1. The molecule has 5 heteroatoms. The van der Waals surface area contributed by atoms with Gasteiger partial charge in [0, 0.05) is 11.9 Å². The topological polar surface area (TPSA) is 78.5 Å². The highest BCUT2D eigenvalue weighted by Gasteiger charge is 2.30. The molecule has 22 heavy (non-hydrogen) atoms. The molecule has 118 valence electrons. The van der Waals surface area contributed by atoms with Crippen LogP contribution in [-0.2, 0) is 9.59 Å². The van der Waals surface area contributed by atoms with Crippen molar-refractivity contribution in [1.82, 2.24) is 0 Å². The summed E-state index contributed by atoms with van der Waals surface area (Å²) in [6.07, 6.45) is 5.21. The first-order valence-corrected chi connectivity index (χ1v) is 7.52. The zero-order valence-electron chi connectivity index (χ0n) is 12.6. The van der Waals surface area contributed by atoms with Gasteiger partial charge in [0.2, 0.25) is 5.91 Å². The minimum atomic E-state index is -1.18. The van der Waals surface area contributed by atoms with E-state index < -0.39 is 17.8 Å². The molecule has 5 nitrogen and oxygen atoms in total. The molecule has 1 N–H and O–H groups in total. The Morgan fingerprint density at radius 2 is 1.91 bits per heavy atom. The number of para-hydroxylation sites is 2. The molecule has 0 saturated carbocycles. The maximum Gasteiger partial charge on any atom is 0.228 e. The van der Waals surface area contributed by atoms with Gasteiger partial charge in [0.1, 0.15) is 5.75 Å². The van der Waals surface area contributed by atoms with Gasteiger partial charge >= 0.3 is 0 Å². The Kier molecular flexibility index (Phi) is 5.58. The van der Waals surface area contributed by atoms with Crippen LogP contribution in [0.5, 0.6) is 5.75 Å². The Bertz CT molecular complexity index is 568. The highest BCUT2D eigenvalue weighted by molar-refractivity contribution is 5.96. The van der Waals surface area contributed by atoms with Gasteiger partial charge in [-0.25, -0.2) is 0 Å². The van der Waals surface area contributed by atoms with Gasteiger partial charge in [-0.2, -0.15) is 0 Å². The van der Waals surface area contributed by atoms with Crippen molar-refractivity contribution in [2.75, 3.05) is 11.9 Å². The summed E-state index contributed by atoms with van der Waals surface area (Å²) in [5, 5.41) is 14.0. The summed E-state index contributed by atoms with van der Waals surface area (Å²) in [6, 6.07) is 7.15. The fraction of sp³-hybridized carbons (Fsp3) is 0.412. The van der Waals surface area contributed by atoms with Crippen LogP contribution in [0.4, 0.5) is 5.69 Å². The second-order valence-corrected chi connectivity index (χ2v) is 5.31. The number of benzene rings is 1. The van der Waals surface area contributed by atoms with Crippen LogP contribution in [0.1, 0.15) is 26.2 Å². The first kappa shape index (κ1) is 16.1. The Balaban J connectivity index is 2.11. The van der Waals surface area contributed by atoms with Gasteiger partial charge in [-0.15, -0.1) is 0 Å². The van der Waals surface area contributed by atoms with Crippen molar-refractivity contribution in [3.05, 3.63) is 36.4 Å². The molecule has 2 atom stereocenters. The molecular formula is C17H20NO4-. The first-order chi connectivity index (χ1) is 10.6. The minimum absolute atomic E-state index is 0.314. The lowest BCUT2D eigenvalue weighted by Gasteiger charge is -2.28. The lowest BCUT2D eigenvalue weighted by Crippen LogP contribution is -2.41. The summed E-state index contributed by atoms with van der Waals surface area (Å²) < 4.78 is 5.59. The number of carboxylic acids is 1. The number of aliphatic carboxylic acids is 1. The van der Waals surface area contributed by atoms with Crippen LogP contribution < -0.4 is 15.2 Å². The smallest absolute Gasteiger partial charge is 0.228 e. The van der Waals surface area contributed by atoms with E-state index in [4.69, 9.17) is 4.74 Å². The summed E-state index contributed by atoms with van der Waals surface area (Å²) in [6.45, 7) is 2.56. The largest absolute Gasteiger partial charge is 0.550 e. The number of allylic oxidation sites excluding steroid dienone is 2. The van der Waals surface area contributed by atoms with E-state index >= 15 is 0 Å². The van der Waals surface area contributed by atoms with Gasteiger partial charge in [0.15, 0.2) is 0 Å². The van der Waals surface area contributed by atoms with Crippen molar-refractivity contribution >= 4 is 17.6 Å². The SMILES string of the molecule is CCCOc1ccccc1NC(=O)[C@@H]1CC=CC[C@@H]1C(=O)[O-]. The Labute approximate surface area is 130 Å². The summed E-state index contributed by atoms with van der Waals surface area (Å²) in [7, 11) is 0. The number of ether oxygens (including phenoxy) is 1. The molecule has 0 saturated heterocycles. The third kappa shape index (κ3) is 3.87.